The number of fused-ring (bicyclic) bond motifs is 1. The van der Waals surface area contributed by atoms with Crippen LogP contribution in [0.3, 0.4) is 0 Å². The van der Waals surface area contributed by atoms with Crippen LogP contribution in [0.4, 0.5) is 0 Å². The van der Waals surface area contributed by atoms with Gasteiger partial charge in [-0.3, -0.25) is 0 Å². The number of hydrogen-bond acceptors (Lipinski definition) is 5. The summed E-state index contributed by atoms with van der Waals surface area (Å²) in [6.45, 7) is 1.49. The van der Waals surface area contributed by atoms with Gasteiger partial charge < -0.3 is 19.3 Å². The lowest BCUT2D eigenvalue weighted by atomic mass is 9.86. The van der Waals surface area contributed by atoms with Gasteiger partial charge in [-0.25, -0.2) is 4.79 Å². The van der Waals surface area contributed by atoms with E-state index in [4.69, 9.17) is 14.2 Å². The number of carbonyl (C=O) groups excluding carboxylic acids is 1. The fraction of sp³-hybridized carbons (Fsp3) is 0.233. The van der Waals surface area contributed by atoms with E-state index in [1.54, 1.807) is 0 Å². The maximum Gasteiger partial charge on any atom is 0.337 e. The van der Waals surface area contributed by atoms with Gasteiger partial charge in [0, 0.05) is 26.1 Å². The van der Waals surface area contributed by atoms with Crippen molar-refractivity contribution in [3.63, 3.8) is 0 Å². The van der Waals surface area contributed by atoms with Gasteiger partial charge in [-0.1, -0.05) is 54.6 Å². The number of methoxy groups -OCH3 is 1. The molecule has 0 amide bonds. The Morgan fingerprint density at radius 1 is 0.943 bits per heavy atom. The summed E-state index contributed by atoms with van der Waals surface area (Å²) >= 11 is 0. The highest BCUT2D eigenvalue weighted by Gasteiger charge is 2.31. The maximum absolute atomic E-state index is 12.3. The van der Waals surface area contributed by atoms with E-state index >= 15 is 0 Å². The molecule has 0 saturated carbocycles. The minimum Gasteiger partial charge on any atom is -0.489 e. The standard InChI is InChI=1S/C30H28O5/c1-33-29(31)24-17-23-18-26(10-11-27(23)28(19-24)22-7-3-2-4-8-22)35-20-21-6-5-9-25(16-21)30(32)12-14-34-15-13-30/h2-11,16-19,32H,12-15,20H2,1H3. The van der Waals surface area contributed by atoms with Crippen molar-refractivity contribution in [3.8, 4) is 16.9 Å². The molecule has 0 bridgehead atoms. The zero-order valence-electron chi connectivity index (χ0n) is 19.7. The lowest BCUT2D eigenvalue weighted by Crippen LogP contribution is -2.33. The third-order valence-corrected chi connectivity index (χ3v) is 6.62. The molecule has 0 spiro atoms. The largest absolute Gasteiger partial charge is 0.489 e. The van der Waals surface area contributed by atoms with Crippen molar-refractivity contribution < 1.29 is 24.1 Å². The molecule has 0 radical (unpaired) electrons. The summed E-state index contributed by atoms with van der Waals surface area (Å²) in [4.78, 5) is 12.3. The average Bonchev–Trinajstić information content (AvgIpc) is 2.91. The van der Waals surface area contributed by atoms with Crippen LogP contribution in [0.25, 0.3) is 21.9 Å². The molecule has 1 saturated heterocycles. The summed E-state index contributed by atoms with van der Waals surface area (Å²) in [5, 5.41) is 12.9. The molecule has 5 heteroatoms. The van der Waals surface area contributed by atoms with E-state index in [1.165, 1.54) is 7.11 Å². The van der Waals surface area contributed by atoms with Crippen molar-refractivity contribution >= 4 is 16.7 Å². The second kappa shape index (κ2) is 9.90. The van der Waals surface area contributed by atoms with E-state index < -0.39 is 5.60 Å². The Bertz CT molecular complexity index is 1340. The molecule has 1 aliphatic heterocycles. The number of rotatable bonds is 6. The second-order valence-corrected chi connectivity index (χ2v) is 8.90. The Kier molecular flexibility index (Phi) is 6.53. The lowest BCUT2D eigenvalue weighted by molar-refractivity contribution is -0.0679. The third kappa shape index (κ3) is 4.92. The van der Waals surface area contributed by atoms with E-state index in [-0.39, 0.29) is 5.97 Å². The van der Waals surface area contributed by atoms with Gasteiger partial charge in [-0.05, 0) is 63.4 Å². The Morgan fingerprint density at radius 2 is 1.74 bits per heavy atom. The molecule has 0 aromatic heterocycles. The highest BCUT2D eigenvalue weighted by Crippen LogP contribution is 2.34. The first-order valence-electron chi connectivity index (χ1n) is 11.8. The summed E-state index contributed by atoms with van der Waals surface area (Å²) in [6, 6.07) is 27.5. The van der Waals surface area contributed by atoms with Crippen LogP contribution in [0.5, 0.6) is 5.75 Å². The predicted octanol–water partition coefficient (Wildman–Crippen LogP) is 5.87. The van der Waals surface area contributed by atoms with Gasteiger partial charge in [0.2, 0.25) is 0 Å². The van der Waals surface area contributed by atoms with Crippen molar-refractivity contribution in [1.29, 1.82) is 0 Å². The molecule has 35 heavy (non-hydrogen) atoms. The van der Waals surface area contributed by atoms with E-state index in [0.717, 1.165) is 33.0 Å². The van der Waals surface area contributed by atoms with Crippen molar-refractivity contribution in [2.75, 3.05) is 20.3 Å². The summed E-state index contributed by atoms with van der Waals surface area (Å²) in [5.74, 6) is 0.326. The second-order valence-electron chi connectivity index (χ2n) is 8.90. The number of ether oxygens (including phenoxy) is 3. The number of hydrogen-bond donors (Lipinski definition) is 1. The van der Waals surface area contributed by atoms with Crippen LogP contribution in [-0.2, 0) is 21.7 Å². The predicted molar refractivity (Wildman–Crippen MR) is 135 cm³/mol. The number of esters is 1. The highest BCUT2D eigenvalue weighted by atomic mass is 16.5. The molecule has 178 valence electrons. The van der Waals surface area contributed by atoms with E-state index in [1.807, 2.05) is 84.9 Å². The topological polar surface area (TPSA) is 65.0 Å². The van der Waals surface area contributed by atoms with E-state index in [2.05, 4.69) is 0 Å². The molecule has 1 fully saturated rings. The van der Waals surface area contributed by atoms with Crippen LogP contribution < -0.4 is 4.74 Å². The van der Waals surface area contributed by atoms with Gasteiger partial charge in [0.05, 0.1) is 18.3 Å². The Hall–Kier alpha value is -3.67. The minimum atomic E-state index is -0.852. The van der Waals surface area contributed by atoms with Gasteiger partial charge >= 0.3 is 5.97 Å². The van der Waals surface area contributed by atoms with Crippen LogP contribution in [-0.4, -0.2) is 31.4 Å². The number of benzene rings is 4. The monoisotopic (exact) mass is 468 g/mol. The fourth-order valence-electron chi connectivity index (χ4n) is 4.64. The van der Waals surface area contributed by atoms with Crippen molar-refractivity contribution in [1.82, 2.24) is 0 Å². The summed E-state index contributed by atoms with van der Waals surface area (Å²) in [5.41, 5.74) is 3.52. The van der Waals surface area contributed by atoms with Gasteiger partial charge in [0.1, 0.15) is 12.4 Å². The molecule has 0 unspecified atom stereocenters. The average molecular weight is 469 g/mol. The minimum absolute atomic E-state index is 0.369. The molecular weight excluding hydrogens is 440 g/mol. The highest BCUT2D eigenvalue weighted by molar-refractivity contribution is 6.03. The maximum atomic E-state index is 12.3. The van der Waals surface area contributed by atoms with Crippen molar-refractivity contribution in [2.24, 2.45) is 0 Å². The van der Waals surface area contributed by atoms with Gasteiger partial charge in [0.15, 0.2) is 0 Å². The Balaban J connectivity index is 1.43. The SMILES string of the molecule is COC(=O)c1cc(-c2ccccc2)c2ccc(OCc3cccc(C4(O)CCOCC4)c3)cc2c1. The zero-order valence-corrected chi connectivity index (χ0v) is 19.7. The van der Waals surface area contributed by atoms with Crippen molar-refractivity contribution in [2.45, 2.75) is 25.0 Å². The number of carbonyl (C=O) groups is 1. The molecule has 1 heterocycles. The van der Waals surface area contributed by atoms with Crippen molar-refractivity contribution in [3.05, 3.63) is 102 Å². The molecule has 4 aromatic carbocycles. The number of aliphatic hydroxyl groups is 1. The fourth-order valence-corrected chi connectivity index (χ4v) is 4.64. The van der Waals surface area contributed by atoms with Crippen LogP contribution in [0.2, 0.25) is 0 Å². The first-order valence-corrected chi connectivity index (χ1v) is 11.8. The van der Waals surface area contributed by atoms with Crippen LogP contribution >= 0.6 is 0 Å². The Morgan fingerprint density at radius 3 is 2.51 bits per heavy atom. The van der Waals surface area contributed by atoms with Crippen LogP contribution in [0.1, 0.15) is 34.3 Å². The molecule has 0 atom stereocenters. The van der Waals surface area contributed by atoms with E-state index in [0.29, 0.717) is 44.0 Å². The van der Waals surface area contributed by atoms with Crippen LogP contribution in [0, 0.1) is 0 Å². The molecule has 5 nitrogen and oxygen atoms in total. The van der Waals surface area contributed by atoms with Gasteiger partial charge in [-0.15, -0.1) is 0 Å². The Labute approximate surface area is 204 Å². The summed E-state index contributed by atoms with van der Waals surface area (Å²) < 4.78 is 16.5. The summed E-state index contributed by atoms with van der Waals surface area (Å²) in [6.07, 6.45) is 1.18. The molecular formula is C30H28O5. The van der Waals surface area contributed by atoms with Gasteiger partial charge in [0.25, 0.3) is 0 Å². The lowest BCUT2D eigenvalue weighted by Gasteiger charge is -2.32. The smallest absolute Gasteiger partial charge is 0.337 e. The molecule has 5 rings (SSSR count). The quantitative estimate of drug-likeness (QED) is 0.359. The van der Waals surface area contributed by atoms with Crippen LogP contribution in [0.15, 0.2) is 84.9 Å². The molecule has 1 aliphatic rings. The van der Waals surface area contributed by atoms with Gasteiger partial charge in [-0.2, -0.15) is 0 Å². The third-order valence-electron chi connectivity index (χ3n) is 6.62. The molecule has 4 aromatic rings. The summed E-state index contributed by atoms with van der Waals surface area (Å²) in [7, 11) is 1.39. The molecule has 1 N–H and O–H groups in total. The first-order chi connectivity index (χ1) is 17.1. The zero-order chi connectivity index (χ0) is 24.3. The van der Waals surface area contributed by atoms with E-state index in [9.17, 15) is 9.90 Å². The molecule has 0 aliphatic carbocycles. The first kappa shape index (κ1) is 23.1. The normalized spacial score (nSPS) is 15.0.